The van der Waals surface area contributed by atoms with E-state index in [2.05, 4.69) is 4.98 Å². The predicted molar refractivity (Wildman–Crippen MR) is 121 cm³/mol. The molecule has 2 aromatic carbocycles. The van der Waals surface area contributed by atoms with Crippen molar-refractivity contribution in [3.8, 4) is 5.75 Å². The minimum atomic E-state index is -0.824. The molecule has 0 spiro atoms. The van der Waals surface area contributed by atoms with Crippen LogP contribution >= 0.6 is 22.9 Å². The zero-order chi connectivity index (χ0) is 22.1. The zero-order valence-electron chi connectivity index (χ0n) is 16.8. The van der Waals surface area contributed by atoms with Gasteiger partial charge in [0.2, 0.25) is 0 Å². The number of aliphatic hydroxyl groups excluding tert-OH is 1. The Morgan fingerprint density at radius 1 is 1.13 bits per heavy atom. The fourth-order valence-electron chi connectivity index (χ4n) is 3.44. The van der Waals surface area contributed by atoms with E-state index in [0.29, 0.717) is 27.0 Å². The number of benzene rings is 2. The third-order valence-electron chi connectivity index (χ3n) is 4.76. The summed E-state index contributed by atoms with van der Waals surface area (Å²) in [5, 5.41) is 13.7. The second kappa shape index (κ2) is 8.53. The van der Waals surface area contributed by atoms with E-state index in [0.717, 1.165) is 0 Å². The molecule has 0 radical (unpaired) electrons. The topological polar surface area (TPSA) is 79.7 Å². The first-order chi connectivity index (χ1) is 14.9. The van der Waals surface area contributed by atoms with Crippen molar-refractivity contribution in [2.24, 2.45) is 0 Å². The SMILES string of the molecule is CC(C)Oc1ccc(C(O)=C2C(=O)C(=O)N(c3nccs3)[C@H]2c2ccc(Cl)cc2)cc1. The van der Waals surface area contributed by atoms with Crippen LogP contribution in [-0.2, 0) is 9.59 Å². The summed E-state index contributed by atoms with van der Waals surface area (Å²) in [7, 11) is 0. The molecule has 1 aromatic heterocycles. The molecule has 3 aromatic rings. The summed E-state index contributed by atoms with van der Waals surface area (Å²) in [6, 6.07) is 12.7. The number of ether oxygens (including phenoxy) is 1. The molecule has 0 saturated carbocycles. The number of carbonyl (C=O) groups excluding carboxylic acids is 2. The highest BCUT2D eigenvalue weighted by Crippen LogP contribution is 2.42. The highest BCUT2D eigenvalue weighted by Gasteiger charge is 2.47. The molecule has 4 rings (SSSR count). The molecule has 1 fully saturated rings. The quantitative estimate of drug-likeness (QED) is 0.325. The molecule has 1 N–H and O–H groups in total. The molecule has 2 heterocycles. The molecular weight excluding hydrogens is 436 g/mol. The molecule has 8 heteroatoms. The molecule has 0 unspecified atom stereocenters. The smallest absolute Gasteiger partial charge is 0.301 e. The van der Waals surface area contributed by atoms with Gasteiger partial charge in [-0.2, -0.15) is 0 Å². The summed E-state index contributed by atoms with van der Waals surface area (Å²) in [6.07, 6.45) is 1.57. The summed E-state index contributed by atoms with van der Waals surface area (Å²) >= 11 is 7.27. The Morgan fingerprint density at radius 2 is 1.81 bits per heavy atom. The van der Waals surface area contributed by atoms with Crippen molar-refractivity contribution in [1.29, 1.82) is 0 Å². The first-order valence-corrected chi connectivity index (χ1v) is 10.9. The van der Waals surface area contributed by atoms with Gasteiger partial charge in [-0.3, -0.25) is 14.5 Å². The average molecular weight is 455 g/mol. The number of amides is 1. The van der Waals surface area contributed by atoms with Crippen LogP contribution in [0.2, 0.25) is 5.02 Å². The summed E-state index contributed by atoms with van der Waals surface area (Å²) in [5.41, 5.74) is 1.05. The largest absolute Gasteiger partial charge is 0.507 e. The normalized spacial score (nSPS) is 18.1. The molecule has 6 nitrogen and oxygen atoms in total. The Bertz CT molecular complexity index is 1140. The third kappa shape index (κ3) is 4.06. The fraction of sp³-hybridized carbons (Fsp3) is 0.174. The van der Waals surface area contributed by atoms with Crippen LogP contribution in [0.4, 0.5) is 5.13 Å². The van der Waals surface area contributed by atoms with Crippen LogP contribution in [0, 0.1) is 0 Å². The molecule has 1 aliphatic rings. The highest BCUT2D eigenvalue weighted by atomic mass is 35.5. The molecule has 1 atom stereocenters. The number of carbonyl (C=O) groups is 2. The zero-order valence-corrected chi connectivity index (χ0v) is 18.4. The number of ketones is 1. The molecule has 1 aliphatic heterocycles. The molecule has 0 aliphatic carbocycles. The van der Waals surface area contributed by atoms with Gasteiger partial charge in [0.25, 0.3) is 5.78 Å². The van der Waals surface area contributed by atoms with Crippen LogP contribution in [0.15, 0.2) is 65.7 Å². The van der Waals surface area contributed by atoms with Crippen LogP contribution in [0.25, 0.3) is 5.76 Å². The minimum Gasteiger partial charge on any atom is -0.507 e. The van der Waals surface area contributed by atoms with E-state index in [-0.39, 0.29) is 17.4 Å². The number of aromatic nitrogens is 1. The van der Waals surface area contributed by atoms with Gasteiger partial charge < -0.3 is 9.84 Å². The van der Waals surface area contributed by atoms with Crippen LogP contribution in [0.1, 0.15) is 31.0 Å². The average Bonchev–Trinajstić information content (AvgIpc) is 3.35. The Balaban J connectivity index is 1.84. The van der Waals surface area contributed by atoms with Gasteiger partial charge in [0, 0.05) is 22.2 Å². The first-order valence-electron chi connectivity index (χ1n) is 9.60. The maximum Gasteiger partial charge on any atom is 0.301 e. The molecule has 1 amide bonds. The van der Waals surface area contributed by atoms with Gasteiger partial charge in [0.1, 0.15) is 11.5 Å². The monoisotopic (exact) mass is 454 g/mol. The lowest BCUT2D eigenvalue weighted by molar-refractivity contribution is -0.132. The fourth-order valence-corrected chi connectivity index (χ4v) is 4.24. The number of hydrogen-bond donors (Lipinski definition) is 1. The van der Waals surface area contributed by atoms with Crippen LogP contribution in [-0.4, -0.2) is 27.9 Å². The van der Waals surface area contributed by atoms with E-state index >= 15 is 0 Å². The number of nitrogens with zero attached hydrogens (tertiary/aromatic N) is 2. The Hall–Kier alpha value is -3.16. The van der Waals surface area contributed by atoms with Crippen molar-refractivity contribution >= 4 is 45.5 Å². The number of thiazole rings is 1. The third-order valence-corrected chi connectivity index (χ3v) is 5.78. The van der Waals surface area contributed by atoms with Crippen molar-refractivity contribution in [1.82, 2.24) is 4.98 Å². The van der Waals surface area contributed by atoms with Crippen molar-refractivity contribution in [3.63, 3.8) is 0 Å². The maximum absolute atomic E-state index is 13.0. The number of halogens is 1. The lowest BCUT2D eigenvalue weighted by Gasteiger charge is -2.23. The molecular formula is C23H19ClN2O4S. The summed E-state index contributed by atoms with van der Waals surface area (Å²) < 4.78 is 5.63. The summed E-state index contributed by atoms with van der Waals surface area (Å²) in [5.74, 6) is -1.12. The number of rotatable bonds is 5. The maximum atomic E-state index is 13.0. The van der Waals surface area contributed by atoms with Gasteiger partial charge in [-0.05, 0) is 55.8 Å². The number of anilines is 1. The second-order valence-corrected chi connectivity index (χ2v) is 8.54. The van der Waals surface area contributed by atoms with Crippen LogP contribution in [0.5, 0.6) is 5.75 Å². The van der Waals surface area contributed by atoms with E-state index in [9.17, 15) is 14.7 Å². The molecule has 158 valence electrons. The summed E-state index contributed by atoms with van der Waals surface area (Å²) in [4.78, 5) is 31.5. The Morgan fingerprint density at radius 3 is 2.39 bits per heavy atom. The van der Waals surface area contributed by atoms with E-state index in [4.69, 9.17) is 16.3 Å². The molecule has 31 heavy (non-hydrogen) atoms. The van der Waals surface area contributed by atoms with Gasteiger partial charge in [0.05, 0.1) is 17.7 Å². The van der Waals surface area contributed by atoms with Gasteiger partial charge in [-0.25, -0.2) is 4.98 Å². The van der Waals surface area contributed by atoms with Gasteiger partial charge in [-0.1, -0.05) is 23.7 Å². The number of Topliss-reactive ketones (excluding diaryl/α,β-unsaturated/α-hetero) is 1. The Labute approximate surface area is 188 Å². The van der Waals surface area contributed by atoms with E-state index in [1.165, 1.54) is 16.2 Å². The summed E-state index contributed by atoms with van der Waals surface area (Å²) in [6.45, 7) is 3.83. The van der Waals surface area contributed by atoms with E-state index in [1.807, 2.05) is 13.8 Å². The highest BCUT2D eigenvalue weighted by molar-refractivity contribution is 7.14. The molecule has 0 bridgehead atoms. The van der Waals surface area contributed by atoms with Gasteiger partial charge in [-0.15, -0.1) is 11.3 Å². The van der Waals surface area contributed by atoms with Crippen molar-refractivity contribution < 1.29 is 19.4 Å². The number of hydrogen-bond acceptors (Lipinski definition) is 6. The minimum absolute atomic E-state index is 0.0000467. The molecule has 1 saturated heterocycles. The van der Waals surface area contributed by atoms with Crippen molar-refractivity contribution in [2.75, 3.05) is 4.90 Å². The predicted octanol–water partition coefficient (Wildman–Crippen LogP) is 5.21. The lowest BCUT2D eigenvalue weighted by Crippen LogP contribution is -2.29. The van der Waals surface area contributed by atoms with Gasteiger partial charge in [0.15, 0.2) is 5.13 Å². The van der Waals surface area contributed by atoms with Crippen molar-refractivity contribution in [2.45, 2.75) is 26.0 Å². The number of aliphatic hydroxyl groups is 1. The Kier molecular flexibility index (Phi) is 5.80. The van der Waals surface area contributed by atoms with E-state index in [1.54, 1.807) is 60.1 Å². The van der Waals surface area contributed by atoms with Gasteiger partial charge >= 0.3 is 5.91 Å². The van der Waals surface area contributed by atoms with Crippen LogP contribution < -0.4 is 9.64 Å². The first kappa shape index (κ1) is 21.1. The van der Waals surface area contributed by atoms with E-state index < -0.39 is 17.7 Å². The van der Waals surface area contributed by atoms with Crippen LogP contribution in [0.3, 0.4) is 0 Å². The lowest BCUT2D eigenvalue weighted by atomic mass is 9.95. The van der Waals surface area contributed by atoms with Crippen molar-refractivity contribution in [3.05, 3.63) is 81.8 Å². The second-order valence-electron chi connectivity index (χ2n) is 7.23. The standard InChI is InChI=1S/C23H19ClN2O4S/c1-13(2)30-17-9-5-15(6-10-17)20(27)18-19(14-3-7-16(24)8-4-14)26(22(29)21(18)28)23-25-11-12-31-23/h3-13,19,27H,1-2H3/t19-/m0/s1.